The maximum Gasteiger partial charge on any atom is 0.0800 e. The van der Waals surface area contributed by atoms with E-state index in [1.54, 1.807) is 11.3 Å². The van der Waals surface area contributed by atoms with Crippen LogP contribution in [-0.2, 0) is 0 Å². The van der Waals surface area contributed by atoms with Crippen LogP contribution in [0, 0.1) is 19.8 Å². The zero-order valence-electron chi connectivity index (χ0n) is 10.3. The van der Waals surface area contributed by atoms with Crippen LogP contribution in [-0.4, -0.2) is 5.11 Å². The van der Waals surface area contributed by atoms with Crippen molar-refractivity contribution in [2.75, 3.05) is 0 Å². The highest BCUT2D eigenvalue weighted by atomic mass is 32.1. The van der Waals surface area contributed by atoms with E-state index >= 15 is 0 Å². The SMILES string of the molecule is Cc1cc(C(O)CCC2CCCC2)c(C)s1. The molecule has 1 aliphatic rings. The molecule has 0 radical (unpaired) electrons. The predicted octanol–water partition coefficient (Wildman–Crippen LogP) is 4.37. The van der Waals surface area contributed by atoms with Crippen LogP contribution in [0.15, 0.2) is 6.07 Å². The number of aliphatic hydroxyl groups is 1. The van der Waals surface area contributed by atoms with Crippen molar-refractivity contribution in [2.45, 2.75) is 58.5 Å². The molecule has 90 valence electrons. The predicted molar refractivity (Wildman–Crippen MR) is 69.9 cm³/mol. The summed E-state index contributed by atoms with van der Waals surface area (Å²) in [6.07, 6.45) is 7.49. The van der Waals surface area contributed by atoms with E-state index in [2.05, 4.69) is 19.9 Å². The van der Waals surface area contributed by atoms with E-state index in [1.807, 2.05) is 0 Å². The van der Waals surface area contributed by atoms with Gasteiger partial charge in [0, 0.05) is 9.75 Å². The minimum absolute atomic E-state index is 0.231. The molecule has 1 heterocycles. The summed E-state index contributed by atoms with van der Waals surface area (Å²) in [5.41, 5.74) is 1.17. The summed E-state index contributed by atoms with van der Waals surface area (Å²) >= 11 is 1.80. The summed E-state index contributed by atoms with van der Waals surface area (Å²) in [5.74, 6) is 0.884. The van der Waals surface area contributed by atoms with E-state index in [-0.39, 0.29) is 6.10 Å². The highest BCUT2D eigenvalue weighted by Crippen LogP contribution is 2.33. The van der Waals surface area contributed by atoms with Gasteiger partial charge in [-0.1, -0.05) is 25.7 Å². The Morgan fingerprint density at radius 3 is 2.62 bits per heavy atom. The zero-order valence-corrected chi connectivity index (χ0v) is 11.1. The first-order valence-corrected chi connectivity index (χ1v) is 7.23. The van der Waals surface area contributed by atoms with Gasteiger partial charge in [0.15, 0.2) is 0 Å². The lowest BCUT2D eigenvalue weighted by molar-refractivity contribution is 0.157. The molecule has 1 nitrogen and oxygen atoms in total. The van der Waals surface area contributed by atoms with Crippen LogP contribution in [0.4, 0.5) is 0 Å². The van der Waals surface area contributed by atoms with Crippen LogP contribution >= 0.6 is 11.3 Å². The number of hydrogen-bond donors (Lipinski definition) is 1. The molecule has 1 saturated carbocycles. The number of aryl methyl sites for hydroxylation is 2. The average molecular weight is 238 g/mol. The van der Waals surface area contributed by atoms with Crippen molar-refractivity contribution in [1.82, 2.24) is 0 Å². The Balaban J connectivity index is 1.87. The molecular formula is C14H22OS. The maximum atomic E-state index is 10.2. The molecule has 1 aromatic heterocycles. The van der Waals surface area contributed by atoms with Crippen molar-refractivity contribution in [2.24, 2.45) is 5.92 Å². The molecule has 0 aliphatic heterocycles. The molecular weight excluding hydrogens is 216 g/mol. The molecule has 1 atom stereocenters. The summed E-state index contributed by atoms with van der Waals surface area (Å²) in [5, 5.41) is 10.2. The molecule has 16 heavy (non-hydrogen) atoms. The van der Waals surface area contributed by atoms with Crippen molar-refractivity contribution in [1.29, 1.82) is 0 Å². The highest BCUT2D eigenvalue weighted by molar-refractivity contribution is 7.12. The fourth-order valence-corrected chi connectivity index (χ4v) is 3.81. The largest absolute Gasteiger partial charge is 0.388 e. The van der Waals surface area contributed by atoms with Gasteiger partial charge in [-0.2, -0.15) is 0 Å². The van der Waals surface area contributed by atoms with E-state index in [9.17, 15) is 5.11 Å². The second kappa shape index (κ2) is 5.33. The van der Waals surface area contributed by atoms with Gasteiger partial charge in [0.2, 0.25) is 0 Å². The van der Waals surface area contributed by atoms with Crippen LogP contribution in [0.3, 0.4) is 0 Å². The monoisotopic (exact) mass is 238 g/mol. The van der Waals surface area contributed by atoms with Crippen molar-refractivity contribution >= 4 is 11.3 Å². The maximum absolute atomic E-state index is 10.2. The Morgan fingerprint density at radius 2 is 2.06 bits per heavy atom. The molecule has 0 bridgehead atoms. The number of rotatable bonds is 4. The quantitative estimate of drug-likeness (QED) is 0.826. The van der Waals surface area contributed by atoms with Gasteiger partial charge in [0.05, 0.1) is 6.10 Å². The molecule has 1 aromatic rings. The molecule has 1 fully saturated rings. The molecule has 2 rings (SSSR count). The molecule has 0 saturated heterocycles. The van der Waals surface area contributed by atoms with E-state index in [0.29, 0.717) is 0 Å². The van der Waals surface area contributed by atoms with Crippen LogP contribution < -0.4 is 0 Å². The van der Waals surface area contributed by atoms with Gasteiger partial charge < -0.3 is 5.11 Å². The molecule has 1 aliphatic carbocycles. The first-order valence-electron chi connectivity index (χ1n) is 6.42. The number of thiophene rings is 1. The van der Waals surface area contributed by atoms with Gasteiger partial charge in [0.25, 0.3) is 0 Å². The first-order chi connectivity index (χ1) is 7.66. The van der Waals surface area contributed by atoms with Crippen molar-refractivity contribution in [3.8, 4) is 0 Å². The highest BCUT2D eigenvalue weighted by Gasteiger charge is 2.18. The third-order valence-electron chi connectivity index (χ3n) is 3.76. The lowest BCUT2D eigenvalue weighted by Gasteiger charge is -2.13. The van der Waals surface area contributed by atoms with Gasteiger partial charge in [-0.25, -0.2) is 0 Å². The van der Waals surface area contributed by atoms with E-state index in [4.69, 9.17) is 0 Å². The first kappa shape index (κ1) is 12.1. The van der Waals surface area contributed by atoms with Crippen LogP contribution in [0.1, 0.15) is 59.9 Å². The molecule has 0 aromatic carbocycles. The van der Waals surface area contributed by atoms with Crippen LogP contribution in [0.2, 0.25) is 0 Å². The smallest absolute Gasteiger partial charge is 0.0800 e. The summed E-state index contributed by atoms with van der Waals surface area (Å²) < 4.78 is 0. The Kier molecular flexibility index (Phi) is 4.04. The van der Waals surface area contributed by atoms with Gasteiger partial charge in [-0.3, -0.25) is 0 Å². The lowest BCUT2D eigenvalue weighted by Crippen LogP contribution is -2.01. The Labute approximate surface area is 103 Å². The third kappa shape index (κ3) is 2.86. The summed E-state index contributed by atoms with van der Waals surface area (Å²) in [6, 6.07) is 2.15. The van der Waals surface area contributed by atoms with Gasteiger partial charge in [-0.15, -0.1) is 11.3 Å². The third-order valence-corrected chi connectivity index (χ3v) is 4.74. The second-order valence-electron chi connectivity index (χ2n) is 5.11. The lowest BCUT2D eigenvalue weighted by atomic mass is 9.97. The average Bonchev–Trinajstić information content (AvgIpc) is 2.84. The topological polar surface area (TPSA) is 20.2 Å². The Morgan fingerprint density at radius 1 is 1.38 bits per heavy atom. The van der Waals surface area contributed by atoms with E-state index in [1.165, 1.54) is 47.4 Å². The fourth-order valence-electron chi connectivity index (χ4n) is 2.83. The standard InChI is InChI=1S/C14H22OS/c1-10-9-13(11(2)16-10)14(15)8-7-12-5-3-4-6-12/h9,12,14-15H,3-8H2,1-2H3. The molecule has 1 N–H and O–H groups in total. The Bertz CT molecular complexity index is 337. The van der Waals surface area contributed by atoms with Gasteiger partial charge in [0.1, 0.15) is 0 Å². The Hall–Kier alpha value is -0.340. The summed E-state index contributed by atoms with van der Waals surface area (Å²) in [7, 11) is 0. The minimum atomic E-state index is -0.231. The summed E-state index contributed by atoms with van der Waals surface area (Å²) in [4.78, 5) is 2.60. The minimum Gasteiger partial charge on any atom is -0.388 e. The van der Waals surface area contributed by atoms with E-state index < -0.39 is 0 Å². The normalized spacial score (nSPS) is 19.2. The number of aliphatic hydroxyl groups excluding tert-OH is 1. The van der Waals surface area contributed by atoms with Crippen molar-refractivity contribution in [3.05, 3.63) is 21.4 Å². The zero-order chi connectivity index (χ0) is 11.5. The second-order valence-corrected chi connectivity index (χ2v) is 6.57. The van der Waals surface area contributed by atoms with E-state index in [0.717, 1.165) is 12.3 Å². The number of hydrogen-bond acceptors (Lipinski definition) is 2. The van der Waals surface area contributed by atoms with Gasteiger partial charge in [-0.05, 0) is 44.2 Å². The fraction of sp³-hybridized carbons (Fsp3) is 0.714. The molecule has 0 spiro atoms. The van der Waals surface area contributed by atoms with Crippen molar-refractivity contribution < 1.29 is 5.11 Å². The molecule has 0 amide bonds. The van der Waals surface area contributed by atoms with Crippen LogP contribution in [0.25, 0.3) is 0 Å². The molecule has 2 heteroatoms. The van der Waals surface area contributed by atoms with Crippen LogP contribution in [0.5, 0.6) is 0 Å². The van der Waals surface area contributed by atoms with Gasteiger partial charge >= 0.3 is 0 Å². The summed E-state index contributed by atoms with van der Waals surface area (Å²) in [6.45, 7) is 4.23. The molecule has 1 unspecified atom stereocenters. The van der Waals surface area contributed by atoms with Crippen molar-refractivity contribution in [3.63, 3.8) is 0 Å².